The van der Waals surface area contributed by atoms with Gasteiger partial charge in [0, 0.05) is 5.56 Å². The number of ether oxygens (including phenoxy) is 1. The number of benzene rings is 4. The molecule has 1 aliphatic heterocycles. The molecule has 4 aromatic carbocycles. The Morgan fingerprint density at radius 3 is 2.29 bits per heavy atom. The molecule has 5 rings (SSSR count). The van der Waals surface area contributed by atoms with Crippen LogP contribution in [0.15, 0.2) is 83.8 Å². The molecule has 4 nitrogen and oxygen atoms in total. The molecule has 0 N–H and O–H groups in total. The van der Waals surface area contributed by atoms with E-state index in [9.17, 15) is 9.59 Å². The van der Waals surface area contributed by atoms with E-state index in [0.717, 1.165) is 44.4 Å². The molecule has 0 bridgehead atoms. The zero-order chi connectivity index (χ0) is 21.4. The minimum Gasteiger partial charge on any atom is -0.496 e. The maximum atomic E-state index is 13.2. The van der Waals surface area contributed by atoms with Crippen LogP contribution in [0.5, 0.6) is 5.75 Å². The van der Waals surface area contributed by atoms with Crippen molar-refractivity contribution in [1.29, 1.82) is 0 Å². The van der Waals surface area contributed by atoms with Gasteiger partial charge >= 0.3 is 0 Å². The fourth-order valence-electron chi connectivity index (χ4n) is 3.97. The van der Waals surface area contributed by atoms with Gasteiger partial charge in [0.05, 0.1) is 18.6 Å². The van der Waals surface area contributed by atoms with E-state index >= 15 is 0 Å². The first kappa shape index (κ1) is 19.4. The average Bonchev–Trinajstić information content (AvgIpc) is 3.07. The highest BCUT2D eigenvalue weighted by atomic mass is 32.2. The van der Waals surface area contributed by atoms with Gasteiger partial charge in [-0.3, -0.25) is 14.5 Å². The molecule has 0 atom stereocenters. The lowest BCUT2D eigenvalue weighted by Gasteiger charge is -2.14. The first-order valence-corrected chi connectivity index (χ1v) is 10.7. The molecule has 1 heterocycles. The largest absolute Gasteiger partial charge is 0.496 e. The van der Waals surface area contributed by atoms with E-state index in [4.69, 9.17) is 4.74 Å². The third-order valence-corrected chi connectivity index (χ3v) is 6.42. The molecule has 1 aliphatic rings. The standard InChI is InChI=1S/C26H19NO3S/c1-30-23-14-13-18-8-3-5-12-21(18)22(23)15-24-25(28)27(26(29)31-24)16-19-10-6-9-17-7-2-4-11-20(17)19/h2-15H,16H2,1H3/b24-15+. The van der Waals surface area contributed by atoms with E-state index < -0.39 is 0 Å². The Bertz CT molecular complexity index is 1370. The van der Waals surface area contributed by atoms with Gasteiger partial charge in [-0.1, -0.05) is 72.8 Å². The van der Waals surface area contributed by atoms with E-state index in [-0.39, 0.29) is 17.7 Å². The molecule has 1 fully saturated rings. The topological polar surface area (TPSA) is 46.6 Å². The van der Waals surface area contributed by atoms with Gasteiger partial charge in [-0.05, 0) is 51.0 Å². The summed E-state index contributed by atoms with van der Waals surface area (Å²) in [7, 11) is 1.60. The molecular weight excluding hydrogens is 406 g/mol. The van der Waals surface area contributed by atoms with Gasteiger partial charge in [-0.25, -0.2) is 0 Å². The van der Waals surface area contributed by atoms with Gasteiger partial charge in [0.25, 0.3) is 11.1 Å². The number of nitrogens with zero attached hydrogens (tertiary/aromatic N) is 1. The zero-order valence-corrected chi connectivity index (χ0v) is 17.7. The molecule has 0 saturated carbocycles. The minimum absolute atomic E-state index is 0.246. The summed E-state index contributed by atoms with van der Waals surface area (Å²) in [5.74, 6) is 0.387. The molecule has 31 heavy (non-hydrogen) atoms. The van der Waals surface area contributed by atoms with Gasteiger partial charge in [0.2, 0.25) is 0 Å². The van der Waals surface area contributed by atoms with Crippen LogP contribution in [0.1, 0.15) is 11.1 Å². The van der Waals surface area contributed by atoms with Gasteiger partial charge in [-0.15, -0.1) is 0 Å². The van der Waals surface area contributed by atoms with Crippen molar-refractivity contribution >= 4 is 50.5 Å². The van der Waals surface area contributed by atoms with Crippen molar-refractivity contribution in [3.05, 3.63) is 94.9 Å². The lowest BCUT2D eigenvalue weighted by molar-refractivity contribution is -0.123. The summed E-state index contributed by atoms with van der Waals surface area (Å²) in [5, 5.41) is 3.89. The number of amides is 2. The van der Waals surface area contributed by atoms with Crippen molar-refractivity contribution in [2.75, 3.05) is 7.11 Å². The molecule has 152 valence electrons. The average molecular weight is 426 g/mol. The van der Waals surface area contributed by atoms with E-state index in [1.165, 1.54) is 4.90 Å². The van der Waals surface area contributed by atoms with Crippen LogP contribution in [0.2, 0.25) is 0 Å². The predicted octanol–water partition coefficient (Wildman–Crippen LogP) is 6.24. The van der Waals surface area contributed by atoms with Gasteiger partial charge in [0.1, 0.15) is 5.75 Å². The number of imide groups is 1. The maximum Gasteiger partial charge on any atom is 0.293 e. The molecule has 5 heteroatoms. The number of methoxy groups -OCH3 is 1. The molecule has 0 unspecified atom stereocenters. The number of rotatable bonds is 4. The first-order valence-electron chi connectivity index (χ1n) is 9.93. The highest BCUT2D eigenvalue weighted by Crippen LogP contribution is 2.37. The van der Waals surface area contributed by atoms with E-state index in [1.54, 1.807) is 13.2 Å². The monoisotopic (exact) mass is 425 g/mol. The number of carbonyl (C=O) groups excluding carboxylic acids is 2. The third-order valence-electron chi connectivity index (χ3n) is 5.51. The highest BCUT2D eigenvalue weighted by Gasteiger charge is 2.35. The molecular formula is C26H19NO3S. The normalized spacial score (nSPS) is 15.4. The number of hydrogen-bond donors (Lipinski definition) is 0. The lowest BCUT2D eigenvalue weighted by Crippen LogP contribution is -2.27. The van der Waals surface area contributed by atoms with Crippen LogP contribution in [-0.2, 0) is 11.3 Å². The summed E-state index contributed by atoms with van der Waals surface area (Å²) in [6.07, 6.45) is 1.77. The predicted molar refractivity (Wildman–Crippen MR) is 126 cm³/mol. The second-order valence-electron chi connectivity index (χ2n) is 7.31. The fourth-order valence-corrected chi connectivity index (χ4v) is 4.79. The summed E-state index contributed by atoms with van der Waals surface area (Å²) in [5.41, 5.74) is 1.75. The van der Waals surface area contributed by atoms with E-state index in [0.29, 0.717) is 10.7 Å². The second-order valence-corrected chi connectivity index (χ2v) is 8.30. The Morgan fingerprint density at radius 1 is 0.839 bits per heavy atom. The summed E-state index contributed by atoms with van der Waals surface area (Å²) in [4.78, 5) is 27.6. The van der Waals surface area contributed by atoms with Gasteiger partial charge in [0.15, 0.2) is 0 Å². The molecule has 0 radical (unpaired) electrons. The molecule has 2 amide bonds. The Morgan fingerprint density at radius 2 is 1.52 bits per heavy atom. The molecule has 0 aliphatic carbocycles. The molecule has 0 spiro atoms. The molecule has 1 saturated heterocycles. The summed E-state index contributed by atoms with van der Waals surface area (Å²) in [6, 6.07) is 25.7. The quantitative estimate of drug-likeness (QED) is 0.363. The second kappa shape index (κ2) is 7.93. The van der Waals surface area contributed by atoms with Crippen molar-refractivity contribution in [1.82, 2.24) is 4.90 Å². The smallest absolute Gasteiger partial charge is 0.293 e. The maximum absolute atomic E-state index is 13.2. The number of fused-ring (bicyclic) bond motifs is 2. The van der Waals surface area contributed by atoms with E-state index in [2.05, 4.69) is 0 Å². The third kappa shape index (κ3) is 3.47. The van der Waals surface area contributed by atoms with Gasteiger partial charge in [-0.2, -0.15) is 0 Å². The number of hydrogen-bond acceptors (Lipinski definition) is 4. The van der Waals surface area contributed by atoms with E-state index in [1.807, 2.05) is 78.9 Å². The van der Waals surface area contributed by atoms with Crippen molar-refractivity contribution in [3.8, 4) is 5.75 Å². The number of carbonyl (C=O) groups is 2. The molecule has 4 aromatic rings. The van der Waals surface area contributed by atoms with Crippen molar-refractivity contribution in [2.45, 2.75) is 6.54 Å². The highest BCUT2D eigenvalue weighted by molar-refractivity contribution is 8.18. The Balaban J connectivity index is 1.53. The Hall–Kier alpha value is -3.57. The van der Waals surface area contributed by atoms with Crippen molar-refractivity contribution in [3.63, 3.8) is 0 Å². The minimum atomic E-state index is -0.280. The summed E-state index contributed by atoms with van der Waals surface area (Å²) < 4.78 is 5.53. The molecule has 0 aromatic heterocycles. The lowest BCUT2D eigenvalue weighted by atomic mass is 10.0. The van der Waals surface area contributed by atoms with Crippen LogP contribution in [-0.4, -0.2) is 23.2 Å². The van der Waals surface area contributed by atoms with Crippen LogP contribution in [0.25, 0.3) is 27.6 Å². The van der Waals surface area contributed by atoms with Gasteiger partial charge < -0.3 is 4.74 Å². The van der Waals surface area contributed by atoms with Crippen LogP contribution >= 0.6 is 11.8 Å². The summed E-state index contributed by atoms with van der Waals surface area (Å²) in [6.45, 7) is 0.246. The van der Waals surface area contributed by atoms with Crippen molar-refractivity contribution in [2.24, 2.45) is 0 Å². The van der Waals surface area contributed by atoms with Crippen LogP contribution in [0.4, 0.5) is 4.79 Å². The van der Waals surface area contributed by atoms with Crippen molar-refractivity contribution < 1.29 is 14.3 Å². The zero-order valence-electron chi connectivity index (χ0n) is 16.9. The summed E-state index contributed by atoms with van der Waals surface area (Å²) >= 11 is 0.972. The SMILES string of the molecule is COc1ccc2ccccc2c1/C=C1/SC(=O)N(Cc2cccc3ccccc23)C1=O. The number of thioether (sulfide) groups is 1. The van der Waals surface area contributed by atoms with Crippen LogP contribution in [0.3, 0.4) is 0 Å². The Kier molecular flexibility index (Phi) is 4.96. The van der Waals surface area contributed by atoms with Crippen LogP contribution in [0, 0.1) is 0 Å². The van der Waals surface area contributed by atoms with Crippen LogP contribution < -0.4 is 4.74 Å². The fraction of sp³-hybridized carbons (Fsp3) is 0.0769. The Labute approximate surface area is 184 Å². The first-order chi connectivity index (χ1) is 15.2.